The average molecular weight is 403 g/mol. The Morgan fingerprint density at radius 2 is 2.04 bits per heavy atom. The molecule has 2 heterocycles. The van der Waals surface area contributed by atoms with E-state index in [0.717, 1.165) is 56.1 Å². The number of hydrogen-bond acceptors (Lipinski definition) is 5. The fraction of sp³-hybridized carbons (Fsp3) is 0.500. The number of benzene rings is 1. The van der Waals surface area contributed by atoms with Gasteiger partial charge in [0.05, 0.1) is 19.1 Å². The summed E-state index contributed by atoms with van der Waals surface area (Å²) in [5.41, 5.74) is 10.3. The highest BCUT2D eigenvalue weighted by atomic mass is 32.1. The second-order valence-electron chi connectivity index (χ2n) is 7.19. The van der Waals surface area contributed by atoms with Crippen LogP contribution in [-0.2, 0) is 11.4 Å². The predicted molar refractivity (Wildman–Crippen MR) is 117 cm³/mol. The van der Waals surface area contributed by atoms with Crippen LogP contribution in [0.25, 0.3) is 11.3 Å². The normalized spacial score (nSPS) is 15.0. The lowest BCUT2D eigenvalue weighted by molar-refractivity contribution is -0.0644. The van der Waals surface area contributed by atoms with E-state index in [2.05, 4.69) is 57.6 Å². The van der Waals surface area contributed by atoms with Gasteiger partial charge in [0.25, 0.3) is 0 Å². The first kappa shape index (κ1) is 20.6. The van der Waals surface area contributed by atoms with Crippen molar-refractivity contribution >= 4 is 23.0 Å². The molecule has 0 amide bonds. The van der Waals surface area contributed by atoms with Crippen molar-refractivity contribution in [2.75, 3.05) is 51.8 Å². The van der Waals surface area contributed by atoms with Crippen LogP contribution in [-0.4, -0.2) is 71.5 Å². The standard InChI is InChI=1S/C20H30N6OS/c1-16-19(22-15-25(16)8-5-9-26(27-3)20(21)28)17-6-4-7-18(14-17)24-12-10-23(2)11-13-24/h4,6-7,14-15H,5,8-13H2,1-3H3,(H2,21,28). The summed E-state index contributed by atoms with van der Waals surface area (Å²) in [4.78, 5) is 14.7. The Kier molecular flexibility index (Phi) is 6.88. The van der Waals surface area contributed by atoms with E-state index in [1.165, 1.54) is 10.8 Å². The van der Waals surface area contributed by atoms with Gasteiger partial charge in [0.2, 0.25) is 0 Å². The highest BCUT2D eigenvalue weighted by Crippen LogP contribution is 2.27. The molecule has 0 atom stereocenters. The molecule has 0 aliphatic carbocycles. The first-order valence-corrected chi connectivity index (χ1v) is 10.1. The molecule has 2 aromatic rings. The Bertz CT molecular complexity index is 800. The molecule has 0 unspecified atom stereocenters. The van der Waals surface area contributed by atoms with Gasteiger partial charge in [0.15, 0.2) is 5.11 Å². The SMILES string of the molecule is CON(CCCn1cnc(-c2cccc(N3CCN(C)CC3)c2)c1C)C(N)=S. The highest BCUT2D eigenvalue weighted by Gasteiger charge is 2.16. The molecule has 0 saturated carbocycles. The molecule has 1 aliphatic heterocycles. The molecule has 0 bridgehead atoms. The lowest BCUT2D eigenvalue weighted by atomic mass is 10.1. The number of nitrogens with two attached hydrogens (primary N) is 1. The minimum atomic E-state index is 0.256. The summed E-state index contributed by atoms with van der Waals surface area (Å²) >= 11 is 4.97. The molecular weight excluding hydrogens is 372 g/mol. The van der Waals surface area contributed by atoms with E-state index < -0.39 is 0 Å². The minimum absolute atomic E-state index is 0.256. The lowest BCUT2D eigenvalue weighted by Crippen LogP contribution is -2.44. The van der Waals surface area contributed by atoms with E-state index in [9.17, 15) is 0 Å². The zero-order valence-corrected chi connectivity index (χ0v) is 17.8. The van der Waals surface area contributed by atoms with Gasteiger partial charge in [0, 0.05) is 56.2 Å². The van der Waals surface area contributed by atoms with Crippen molar-refractivity contribution in [3.8, 4) is 11.3 Å². The Morgan fingerprint density at radius 1 is 1.29 bits per heavy atom. The van der Waals surface area contributed by atoms with Crippen molar-refractivity contribution in [2.45, 2.75) is 19.9 Å². The fourth-order valence-electron chi connectivity index (χ4n) is 3.54. The van der Waals surface area contributed by atoms with Crippen LogP contribution in [0.5, 0.6) is 0 Å². The molecule has 0 radical (unpaired) electrons. The molecule has 8 heteroatoms. The van der Waals surface area contributed by atoms with Gasteiger partial charge in [-0.15, -0.1) is 0 Å². The molecule has 1 aromatic heterocycles. The summed E-state index contributed by atoms with van der Waals surface area (Å²) in [6.45, 7) is 7.92. The smallest absolute Gasteiger partial charge is 0.190 e. The molecule has 3 rings (SSSR count). The molecule has 2 N–H and O–H groups in total. The Balaban J connectivity index is 1.68. The molecule has 1 aromatic carbocycles. The largest absolute Gasteiger partial charge is 0.374 e. The minimum Gasteiger partial charge on any atom is -0.374 e. The van der Waals surface area contributed by atoms with Gasteiger partial charge >= 0.3 is 0 Å². The maximum atomic E-state index is 5.63. The van der Waals surface area contributed by atoms with E-state index in [4.69, 9.17) is 22.8 Å². The molecule has 1 aliphatic rings. The van der Waals surface area contributed by atoms with Crippen molar-refractivity contribution in [2.24, 2.45) is 5.73 Å². The van der Waals surface area contributed by atoms with Gasteiger partial charge in [-0.05, 0) is 44.7 Å². The summed E-state index contributed by atoms with van der Waals surface area (Å²) in [5.74, 6) is 0. The van der Waals surface area contributed by atoms with Crippen LogP contribution in [0.3, 0.4) is 0 Å². The third kappa shape index (κ3) is 4.81. The number of thiocarbonyl (C=S) groups is 1. The molecule has 152 valence electrons. The zero-order valence-electron chi connectivity index (χ0n) is 17.0. The second kappa shape index (κ2) is 9.36. The number of aryl methyl sites for hydroxylation is 1. The third-order valence-electron chi connectivity index (χ3n) is 5.31. The maximum absolute atomic E-state index is 5.63. The van der Waals surface area contributed by atoms with E-state index in [-0.39, 0.29) is 5.11 Å². The Morgan fingerprint density at radius 3 is 2.71 bits per heavy atom. The number of anilines is 1. The summed E-state index contributed by atoms with van der Waals surface area (Å²) in [7, 11) is 3.75. The number of aromatic nitrogens is 2. The Labute approximate surface area is 172 Å². The van der Waals surface area contributed by atoms with E-state index in [1.54, 1.807) is 7.11 Å². The van der Waals surface area contributed by atoms with Crippen LogP contribution in [0.4, 0.5) is 5.69 Å². The van der Waals surface area contributed by atoms with E-state index in [1.807, 2.05) is 6.33 Å². The fourth-order valence-corrected chi connectivity index (χ4v) is 3.71. The number of hydroxylamine groups is 2. The van der Waals surface area contributed by atoms with Crippen molar-refractivity contribution in [3.63, 3.8) is 0 Å². The molecule has 1 saturated heterocycles. The second-order valence-corrected chi connectivity index (χ2v) is 7.61. The number of nitrogens with zero attached hydrogens (tertiary/aromatic N) is 5. The quantitative estimate of drug-likeness (QED) is 0.562. The summed E-state index contributed by atoms with van der Waals surface area (Å²) in [6.07, 6.45) is 2.77. The van der Waals surface area contributed by atoms with Gasteiger partial charge in [-0.3, -0.25) is 4.84 Å². The maximum Gasteiger partial charge on any atom is 0.190 e. The number of piperazine rings is 1. The van der Waals surface area contributed by atoms with E-state index in [0.29, 0.717) is 6.54 Å². The average Bonchev–Trinajstić information content (AvgIpc) is 3.06. The number of hydrogen-bond donors (Lipinski definition) is 1. The van der Waals surface area contributed by atoms with Gasteiger partial charge < -0.3 is 20.1 Å². The number of rotatable bonds is 7. The van der Waals surface area contributed by atoms with Crippen LogP contribution < -0.4 is 10.6 Å². The molecule has 7 nitrogen and oxygen atoms in total. The van der Waals surface area contributed by atoms with Crippen LogP contribution in [0.15, 0.2) is 30.6 Å². The first-order chi connectivity index (χ1) is 13.5. The van der Waals surface area contributed by atoms with Crippen molar-refractivity contribution in [3.05, 3.63) is 36.3 Å². The van der Waals surface area contributed by atoms with Crippen LogP contribution in [0.1, 0.15) is 12.1 Å². The monoisotopic (exact) mass is 402 g/mol. The number of likely N-dealkylation sites (N-methyl/N-ethyl adjacent to an activating group) is 1. The van der Waals surface area contributed by atoms with Crippen LogP contribution in [0.2, 0.25) is 0 Å². The predicted octanol–water partition coefficient (Wildman–Crippen LogP) is 2.11. The Hall–Kier alpha value is -2.16. The van der Waals surface area contributed by atoms with Crippen molar-refractivity contribution in [1.82, 2.24) is 19.5 Å². The molecular formula is C20H30N6OS. The highest BCUT2D eigenvalue weighted by molar-refractivity contribution is 7.80. The first-order valence-electron chi connectivity index (χ1n) is 9.66. The summed E-state index contributed by atoms with van der Waals surface area (Å²) in [5, 5.41) is 1.79. The van der Waals surface area contributed by atoms with Crippen LogP contribution >= 0.6 is 12.2 Å². The lowest BCUT2D eigenvalue weighted by Gasteiger charge is -2.34. The summed E-state index contributed by atoms with van der Waals surface area (Å²) in [6, 6.07) is 8.71. The van der Waals surface area contributed by atoms with E-state index >= 15 is 0 Å². The molecule has 1 fully saturated rings. The van der Waals surface area contributed by atoms with Gasteiger partial charge in [-0.2, -0.15) is 0 Å². The van der Waals surface area contributed by atoms with Crippen molar-refractivity contribution in [1.29, 1.82) is 0 Å². The third-order valence-corrected chi connectivity index (χ3v) is 5.52. The zero-order chi connectivity index (χ0) is 20.1. The topological polar surface area (TPSA) is 62.8 Å². The van der Waals surface area contributed by atoms with Gasteiger partial charge in [0.1, 0.15) is 0 Å². The molecule has 28 heavy (non-hydrogen) atoms. The van der Waals surface area contributed by atoms with Crippen molar-refractivity contribution < 1.29 is 4.84 Å². The van der Waals surface area contributed by atoms with Gasteiger partial charge in [-0.25, -0.2) is 10.0 Å². The number of imidazole rings is 1. The van der Waals surface area contributed by atoms with Gasteiger partial charge in [-0.1, -0.05) is 12.1 Å². The van der Waals surface area contributed by atoms with Crippen LogP contribution in [0, 0.1) is 6.92 Å². The summed E-state index contributed by atoms with van der Waals surface area (Å²) < 4.78 is 2.17. The molecule has 0 spiro atoms.